The molecule has 0 heterocycles. The summed E-state index contributed by atoms with van der Waals surface area (Å²) in [6.07, 6.45) is 0. The zero-order valence-corrected chi connectivity index (χ0v) is 3.21. The zero-order chi connectivity index (χ0) is 4.28. The Labute approximate surface area is 30.0 Å². The van der Waals surface area contributed by atoms with Crippen LogP contribution in [0.1, 0.15) is 0 Å². The van der Waals surface area contributed by atoms with E-state index in [1.165, 1.54) is 0 Å². The van der Waals surface area contributed by atoms with E-state index in [4.69, 9.17) is 0 Å². The van der Waals surface area contributed by atoms with Crippen molar-refractivity contribution in [2.24, 2.45) is 0 Å². The molecule has 0 saturated carbocycles. The number of hydrogen-bond acceptors (Lipinski definition) is 0. The maximum absolute atomic E-state index is 10.4. The lowest BCUT2D eigenvalue weighted by atomic mass is 11.7. The van der Waals surface area contributed by atoms with Crippen molar-refractivity contribution >= 4 is 9.85 Å². The smallest absolute Gasteiger partial charge is 0.308 e. The highest BCUT2D eigenvalue weighted by Crippen LogP contribution is 1.85. The molecule has 30 valence electrons. The van der Waals surface area contributed by atoms with Gasteiger partial charge in [0.25, 0.3) is 6.05 Å². The van der Waals surface area contributed by atoms with Gasteiger partial charge in [-0.2, -0.15) is 0 Å². The number of rotatable bonds is 1. The Balaban J connectivity index is 2.54. The van der Waals surface area contributed by atoms with Gasteiger partial charge in [0.1, 0.15) is 0 Å². The molecule has 0 nitrogen and oxygen atoms in total. The molecule has 0 N–H and O–H groups in total. The normalized spacial score (nSPS) is 9.60. The lowest BCUT2D eigenvalue weighted by molar-refractivity contribution is 0.229. The molecule has 0 aromatic rings. The second-order valence-corrected chi connectivity index (χ2v) is 1.06. The lowest BCUT2D eigenvalue weighted by Crippen LogP contribution is -1.94. The van der Waals surface area contributed by atoms with Crippen molar-refractivity contribution in [3.8, 4) is 0 Å². The second-order valence-electron chi connectivity index (χ2n) is 0.410. The van der Waals surface area contributed by atoms with E-state index < -0.39 is 15.9 Å². The molecule has 0 aromatic carbocycles. The molecule has 0 aliphatic carbocycles. The van der Waals surface area contributed by atoms with Crippen molar-refractivity contribution in [1.82, 2.24) is 0 Å². The Morgan fingerprint density at radius 2 is 1.60 bits per heavy atom. The van der Waals surface area contributed by atoms with Crippen LogP contribution in [0.2, 0.25) is 0 Å². The molecule has 4 heteroatoms. The van der Waals surface area contributed by atoms with E-state index in [0.717, 1.165) is 0 Å². The first-order valence-corrected chi connectivity index (χ1v) is 1.87. The highest BCUT2D eigenvalue weighted by molar-refractivity contribution is 6.27. The van der Waals surface area contributed by atoms with E-state index >= 15 is 0 Å². The first kappa shape index (κ1) is 5.01. The quantitative estimate of drug-likeness (QED) is 0.336. The predicted molar refractivity (Wildman–Crippen MR) is 12.9 cm³/mol. The highest BCUT2D eigenvalue weighted by atomic mass is 28.3. The molecule has 5 heavy (non-hydrogen) atoms. The molecule has 0 rings (SSSR count). The molecule has 0 aliphatic heterocycles. The maximum Gasteiger partial charge on any atom is 0.376 e. The van der Waals surface area contributed by atoms with Crippen LogP contribution >= 0.6 is 0 Å². The number of hydrogen-bond donors (Lipinski definition) is 0. The fourth-order valence-electron chi connectivity index (χ4n) is 0. The molecule has 0 fully saturated rings. The summed E-state index contributed by atoms with van der Waals surface area (Å²) in [5.74, 6) is 0. The summed E-state index contributed by atoms with van der Waals surface area (Å²) in [5, 5.41) is 0. The van der Waals surface area contributed by atoms with Crippen LogP contribution in [-0.4, -0.2) is 15.9 Å². The van der Waals surface area contributed by atoms with Crippen LogP contribution in [0.5, 0.6) is 0 Å². The van der Waals surface area contributed by atoms with E-state index in [0.29, 0.717) is 0 Å². The molecular weight excluding hydrogens is 97.1 g/mol. The van der Waals surface area contributed by atoms with Gasteiger partial charge in [-0.25, -0.2) is 8.78 Å². The molecule has 0 atom stereocenters. The van der Waals surface area contributed by atoms with Gasteiger partial charge in [-0.15, -0.1) is 0 Å². The summed E-state index contributed by atoms with van der Waals surface area (Å²) >= 11 is 0. The van der Waals surface area contributed by atoms with Crippen LogP contribution in [0.15, 0.2) is 0 Å². The Hall–Kier alpha value is 0.00688. The third kappa shape index (κ3) is 4.01. The summed E-state index contributed by atoms with van der Waals surface area (Å²) in [7, 11) is -1.72. The van der Waals surface area contributed by atoms with Crippen molar-refractivity contribution in [2.45, 2.75) is 6.05 Å². The van der Waals surface area contributed by atoms with Crippen molar-refractivity contribution < 1.29 is 12.9 Å². The summed E-state index contributed by atoms with van der Waals surface area (Å²) in [6, 6.07) is -2.75. The van der Waals surface area contributed by atoms with Gasteiger partial charge in [0, 0.05) is 0 Å². The van der Waals surface area contributed by atoms with Gasteiger partial charge >= 0.3 is 9.85 Å². The fourth-order valence-corrected chi connectivity index (χ4v) is 0. The molecule has 0 aromatic heterocycles. The van der Waals surface area contributed by atoms with Crippen LogP contribution in [0, 0.1) is 0 Å². The van der Waals surface area contributed by atoms with E-state index in [-0.39, 0.29) is 0 Å². The van der Waals surface area contributed by atoms with Crippen molar-refractivity contribution in [2.75, 3.05) is 0 Å². The SMILES string of the molecule is F[Si]C(F)F. The minimum Gasteiger partial charge on any atom is -0.308 e. The maximum atomic E-state index is 10.4. The summed E-state index contributed by atoms with van der Waals surface area (Å²) in [6.45, 7) is 0. The fraction of sp³-hybridized carbons (Fsp3) is 1.00. The number of alkyl halides is 2. The highest BCUT2D eigenvalue weighted by Gasteiger charge is 2.00. The number of halogens is 3. The Morgan fingerprint density at radius 1 is 1.40 bits per heavy atom. The van der Waals surface area contributed by atoms with Crippen LogP contribution in [0.4, 0.5) is 12.9 Å². The van der Waals surface area contributed by atoms with Crippen molar-refractivity contribution in [3.63, 3.8) is 0 Å². The van der Waals surface area contributed by atoms with Gasteiger partial charge < -0.3 is 4.11 Å². The largest absolute Gasteiger partial charge is 0.376 e. The van der Waals surface area contributed by atoms with Gasteiger partial charge in [-0.1, -0.05) is 0 Å². The van der Waals surface area contributed by atoms with E-state index in [9.17, 15) is 12.9 Å². The van der Waals surface area contributed by atoms with Gasteiger partial charge in [-0.3, -0.25) is 0 Å². The Bertz CT molecular complexity index is 20.9. The van der Waals surface area contributed by atoms with Crippen LogP contribution in [-0.2, 0) is 0 Å². The van der Waals surface area contributed by atoms with Crippen molar-refractivity contribution in [3.05, 3.63) is 0 Å². The Morgan fingerprint density at radius 3 is 1.60 bits per heavy atom. The summed E-state index contributed by atoms with van der Waals surface area (Å²) in [4.78, 5) is 0. The van der Waals surface area contributed by atoms with Gasteiger partial charge in [0.2, 0.25) is 0 Å². The first-order chi connectivity index (χ1) is 2.27. The monoisotopic (exact) mass is 98.0 g/mol. The van der Waals surface area contributed by atoms with E-state index in [1.807, 2.05) is 0 Å². The Kier molecular flexibility index (Phi) is 2.26. The van der Waals surface area contributed by atoms with Crippen LogP contribution in [0.25, 0.3) is 0 Å². The molecule has 0 unspecified atom stereocenters. The molecule has 0 aliphatic rings. The third-order valence-corrected chi connectivity index (χ3v) is 0.247. The van der Waals surface area contributed by atoms with E-state index in [1.54, 1.807) is 0 Å². The molecule has 2 radical (unpaired) electrons. The molecular formula is CHF3Si. The van der Waals surface area contributed by atoms with E-state index in [2.05, 4.69) is 0 Å². The lowest BCUT2D eigenvalue weighted by Gasteiger charge is -1.75. The van der Waals surface area contributed by atoms with Crippen LogP contribution in [0.3, 0.4) is 0 Å². The summed E-state index contributed by atoms with van der Waals surface area (Å²) in [5.41, 5.74) is 0. The molecule has 0 amide bonds. The van der Waals surface area contributed by atoms with Crippen LogP contribution < -0.4 is 0 Å². The summed E-state index contributed by atoms with van der Waals surface area (Å²) < 4.78 is 31.2. The average molecular weight is 98.1 g/mol. The minimum absolute atomic E-state index is 1.72. The zero-order valence-electron chi connectivity index (χ0n) is 2.21. The standard InChI is InChI=1S/CHF3Si/c2-1(3)5-4/h1H. The van der Waals surface area contributed by atoms with Crippen molar-refractivity contribution in [1.29, 1.82) is 0 Å². The molecule has 0 spiro atoms. The molecule has 0 saturated heterocycles. The predicted octanol–water partition coefficient (Wildman–Crippen LogP) is 0.798. The van der Waals surface area contributed by atoms with Gasteiger partial charge in [-0.05, 0) is 0 Å². The van der Waals surface area contributed by atoms with Gasteiger partial charge in [0.05, 0.1) is 0 Å². The topological polar surface area (TPSA) is 0 Å². The molecule has 0 bridgehead atoms. The first-order valence-electron chi connectivity index (χ1n) is 0.914. The average Bonchev–Trinajstić information content (AvgIpc) is 1.38. The second kappa shape index (κ2) is 2.26. The third-order valence-electron chi connectivity index (χ3n) is 0.0825. The minimum atomic E-state index is -2.75. The van der Waals surface area contributed by atoms with Gasteiger partial charge in [0.15, 0.2) is 0 Å².